The Morgan fingerprint density at radius 3 is 2.54 bits per heavy atom. The van der Waals surface area contributed by atoms with Gasteiger partial charge in [0.15, 0.2) is 6.61 Å². The summed E-state index contributed by atoms with van der Waals surface area (Å²) in [5, 5.41) is 16.3. The lowest BCUT2D eigenvalue weighted by Gasteiger charge is -2.23. The van der Waals surface area contributed by atoms with Crippen LogP contribution in [0.3, 0.4) is 0 Å². The maximum atomic E-state index is 11.8. The molecule has 0 aliphatic carbocycles. The van der Waals surface area contributed by atoms with Crippen LogP contribution in [0.4, 0.5) is 0 Å². The number of ether oxygens (including phenoxy) is 1. The van der Waals surface area contributed by atoms with Crippen LogP contribution in [0, 0.1) is 12.8 Å². The Labute approximate surface area is 160 Å². The van der Waals surface area contributed by atoms with Gasteiger partial charge in [-0.25, -0.2) is 4.79 Å². The molecule has 9 heteroatoms. The second kappa shape index (κ2) is 9.03. The van der Waals surface area contributed by atoms with Crippen molar-refractivity contribution in [2.24, 2.45) is 5.92 Å². The average Bonchev–Trinajstić information content (AvgIpc) is 2.61. The van der Waals surface area contributed by atoms with Gasteiger partial charge >= 0.3 is 5.63 Å². The molecule has 28 heavy (non-hydrogen) atoms. The van der Waals surface area contributed by atoms with Gasteiger partial charge in [-0.15, -0.1) is 0 Å². The molecule has 1 atom stereocenters. The van der Waals surface area contributed by atoms with Crippen molar-refractivity contribution >= 4 is 28.8 Å². The minimum atomic E-state index is -1.39. The van der Waals surface area contributed by atoms with Crippen molar-refractivity contribution < 1.29 is 28.6 Å². The van der Waals surface area contributed by atoms with Crippen LogP contribution in [-0.2, 0) is 14.4 Å². The van der Waals surface area contributed by atoms with Gasteiger partial charge in [0.2, 0.25) is 5.91 Å². The van der Waals surface area contributed by atoms with Crippen molar-refractivity contribution in [1.29, 1.82) is 0 Å². The Balaban J connectivity index is 1.87. The van der Waals surface area contributed by atoms with Crippen molar-refractivity contribution in [3.05, 3.63) is 40.2 Å². The lowest BCUT2D eigenvalue weighted by atomic mass is 10.1. The quantitative estimate of drug-likeness (QED) is 0.580. The average molecular weight is 389 g/mol. The standard InChI is InChI=1S/C19H22N2O7/c1-10(2)18(19(25)26)21-15(22)8-20-16(23)9-27-12-4-5-13-11(3)6-17(24)28-14(13)7-12/h4-7,10,18H,8-9H2,1-3H3,(H,20,23)(H,21,22)(H,25,26)/p-1/t18-/m0/s1. The SMILES string of the molecule is Cc1cc(=O)oc2cc(OCC(=O)NCC(=O)N[C@H](C(=O)[O-])C(C)C)ccc12. The van der Waals surface area contributed by atoms with Gasteiger partial charge in [0.25, 0.3) is 5.91 Å². The molecule has 9 nitrogen and oxygen atoms in total. The molecule has 1 aromatic heterocycles. The molecule has 0 spiro atoms. The smallest absolute Gasteiger partial charge is 0.336 e. The third-order valence-corrected chi connectivity index (χ3v) is 3.98. The van der Waals surface area contributed by atoms with E-state index in [-0.39, 0.29) is 12.5 Å². The van der Waals surface area contributed by atoms with Crippen LogP contribution < -0.4 is 26.1 Å². The highest BCUT2D eigenvalue weighted by molar-refractivity contribution is 5.88. The van der Waals surface area contributed by atoms with Gasteiger partial charge in [0, 0.05) is 17.5 Å². The molecule has 0 aliphatic rings. The minimum absolute atomic E-state index is 0.317. The Kier molecular flexibility index (Phi) is 6.75. The normalized spacial score (nSPS) is 11.9. The van der Waals surface area contributed by atoms with Crippen LogP contribution >= 0.6 is 0 Å². The Morgan fingerprint density at radius 1 is 1.18 bits per heavy atom. The van der Waals surface area contributed by atoms with Crippen LogP contribution in [0.5, 0.6) is 5.75 Å². The summed E-state index contributed by atoms with van der Waals surface area (Å²) >= 11 is 0. The summed E-state index contributed by atoms with van der Waals surface area (Å²) in [5.74, 6) is -2.66. The van der Waals surface area contributed by atoms with Crippen LogP contribution in [0.15, 0.2) is 33.5 Å². The molecule has 2 N–H and O–H groups in total. The van der Waals surface area contributed by atoms with E-state index in [0.717, 1.165) is 10.9 Å². The molecular weight excluding hydrogens is 368 g/mol. The second-order valence-corrected chi connectivity index (χ2v) is 6.58. The zero-order chi connectivity index (χ0) is 20.8. The Bertz CT molecular complexity index is 949. The molecule has 0 saturated carbocycles. The second-order valence-electron chi connectivity index (χ2n) is 6.58. The molecule has 0 unspecified atom stereocenters. The molecule has 1 aromatic carbocycles. The van der Waals surface area contributed by atoms with E-state index < -0.39 is 36.0 Å². The molecule has 0 saturated heterocycles. The predicted molar refractivity (Wildman–Crippen MR) is 97.5 cm³/mol. The molecule has 2 amide bonds. The minimum Gasteiger partial charge on any atom is -0.548 e. The summed E-state index contributed by atoms with van der Waals surface area (Å²) in [6.45, 7) is 4.26. The summed E-state index contributed by atoms with van der Waals surface area (Å²) in [4.78, 5) is 46.0. The highest BCUT2D eigenvalue weighted by Gasteiger charge is 2.17. The van der Waals surface area contributed by atoms with Crippen molar-refractivity contribution in [3.8, 4) is 5.75 Å². The number of rotatable bonds is 8. The Hall–Kier alpha value is -3.36. The highest BCUT2D eigenvalue weighted by Crippen LogP contribution is 2.22. The number of aryl methyl sites for hydroxylation is 1. The molecular formula is C19H21N2O7-. The Morgan fingerprint density at radius 2 is 1.89 bits per heavy atom. The van der Waals surface area contributed by atoms with E-state index in [4.69, 9.17) is 9.15 Å². The van der Waals surface area contributed by atoms with Crippen LogP contribution in [0.25, 0.3) is 11.0 Å². The molecule has 0 fully saturated rings. The number of nitrogens with one attached hydrogen (secondary N) is 2. The number of carbonyl (C=O) groups excluding carboxylic acids is 3. The van der Waals surface area contributed by atoms with Gasteiger partial charge < -0.3 is 29.7 Å². The van der Waals surface area contributed by atoms with E-state index in [0.29, 0.717) is 11.3 Å². The number of carbonyl (C=O) groups is 3. The fraction of sp³-hybridized carbons (Fsp3) is 0.368. The monoisotopic (exact) mass is 389 g/mol. The number of benzene rings is 1. The fourth-order valence-electron chi connectivity index (χ4n) is 2.50. The van der Waals surface area contributed by atoms with E-state index in [1.54, 1.807) is 32.9 Å². The zero-order valence-corrected chi connectivity index (χ0v) is 15.7. The number of hydrogen-bond donors (Lipinski definition) is 2. The largest absolute Gasteiger partial charge is 0.548 e. The topological polar surface area (TPSA) is 138 Å². The lowest BCUT2D eigenvalue weighted by Crippen LogP contribution is -2.53. The fourth-order valence-corrected chi connectivity index (χ4v) is 2.50. The van der Waals surface area contributed by atoms with Crippen LogP contribution in [0.2, 0.25) is 0 Å². The molecule has 2 aromatic rings. The molecule has 0 radical (unpaired) electrons. The van der Waals surface area contributed by atoms with Crippen LogP contribution in [0.1, 0.15) is 19.4 Å². The summed E-state index contributed by atoms with van der Waals surface area (Å²) in [7, 11) is 0. The van der Waals surface area contributed by atoms with E-state index in [1.807, 2.05) is 0 Å². The maximum Gasteiger partial charge on any atom is 0.336 e. The van der Waals surface area contributed by atoms with E-state index in [2.05, 4.69) is 10.6 Å². The van der Waals surface area contributed by atoms with E-state index in [1.165, 1.54) is 12.1 Å². The number of carboxylic acids is 1. The summed E-state index contributed by atoms with van der Waals surface area (Å²) in [6, 6.07) is 5.07. The van der Waals surface area contributed by atoms with Gasteiger partial charge in [-0.2, -0.15) is 0 Å². The summed E-state index contributed by atoms with van der Waals surface area (Å²) in [5.41, 5.74) is 0.615. The molecule has 1 heterocycles. The predicted octanol–water partition coefficient (Wildman–Crippen LogP) is -0.513. The van der Waals surface area contributed by atoms with Crippen molar-refractivity contribution in [1.82, 2.24) is 10.6 Å². The third kappa shape index (κ3) is 5.57. The summed E-state index contributed by atoms with van der Waals surface area (Å²) < 4.78 is 10.4. The first-order chi connectivity index (χ1) is 13.2. The molecule has 0 bridgehead atoms. The van der Waals surface area contributed by atoms with Gasteiger partial charge in [-0.1, -0.05) is 13.8 Å². The van der Waals surface area contributed by atoms with Crippen molar-refractivity contribution in [3.63, 3.8) is 0 Å². The molecule has 0 aliphatic heterocycles. The summed E-state index contributed by atoms with van der Waals surface area (Å²) in [6.07, 6.45) is 0. The first-order valence-corrected chi connectivity index (χ1v) is 8.61. The highest BCUT2D eigenvalue weighted by atomic mass is 16.5. The number of carboxylic acid groups (broad SMARTS) is 1. The van der Waals surface area contributed by atoms with Crippen LogP contribution in [-0.4, -0.2) is 37.0 Å². The first kappa shape index (κ1) is 20.9. The van der Waals surface area contributed by atoms with Crippen molar-refractivity contribution in [2.45, 2.75) is 26.8 Å². The number of fused-ring (bicyclic) bond motifs is 1. The van der Waals surface area contributed by atoms with Gasteiger partial charge in [0.1, 0.15) is 11.3 Å². The van der Waals surface area contributed by atoms with E-state index >= 15 is 0 Å². The third-order valence-electron chi connectivity index (χ3n) is 3.98. The van der Waals surface area contributed by atoms with Crippen molar-refractivity contribution in [2.75, 3.05) is 13.2 Å². The van der Waals surface area contributed by atoms with E-state index in [9.17, 15) is 24.3 Å². The molecule has 150 valence electrons. The first-order valence-electron chi connectivity index (χ1n) is 8.61. The van der Waals surface area contributed by atoms with Gasteiger partial charge in [-0.05, 0) is 30.5 Å². The molecule has 2 rings (SSSR count). The number of amides is 2. The number of hydrogen-bond acceptors (Lipinski definition) is 7. The van der Waals surface area contributed by atoms with Gasteiger partial charge in [0.05, 0.1) is 18.6 Å². The van der Waals surface area contributed by atoms with Gasteiger partial charge in [-0.3, -0.25) is 9.59 Å². The maximum absolute atomic E-state index is 11.8. The number of aliphatic carboxylic acids is 1. The zero-order valence-electron chi connectivity index (χ0n) is 15.7. The lowest BCUT2D eigenvalue weighted by molar-refractivity contribution is -0.309.